The van der Waals surface area contributed by atoms with E-state index in [0.29, 0.717) is 5.56 Å². The number of anilines is 1. The van der Waals surface area contributed by atoms with Crippen LogP contribution in [0, 0.1) is 5.82 Å². The van der Waals surface area contributed by atoms with E-state index >= 15 is 0 Å². The molecule has 2 amide bonds. The van der Waals surface area contributed by atoms with Crippen molar-refractivity contribution >= 4 is 50.9 Å². The highest BCUT2D eigenvalue weighted by atomic mass is 35.5. The van der Waals surface area contributed by atoms with Gasteiger partial charge in [0.2, 0.25) is 11.8 Å². The van der Waals surface area contributed by atoms with E-state index < -0.39 is 40.4 Å². The Hall–Kier alpha value is -3.18. The van der Waals surface area contributed by atoms with Crippen molar-refractivity contribution in [3.63, 3.8) is 0 Å². The van der Waals surface area contributed by atoms with Crippen molar-refractivity contribution in [2.24, 2.45) is 0 Å². The van der Waals surface area contributed by atoms with Crippen LogP contribution < -0.4 is 9.62 Å². The largest absolute Gasteiger partial charge is 0.352 e. The summed E-state index contributed by atoms with van der Waals surface area (Å²) in [5.74, 6) is -1.68. The van der Waals surface area contributed by atoms with Crippen molar-refractivity contribution in [1.29, 1.82) is 0 Å². The number of rotatable bonds is 12. The maximum Gasteiger partial charge on any atom is 0.304 e. The Bertz CT molecular complexity index is 1440. The molecular formula is C29H33Cl2FN4O4S. The van der Waals surface area contributed by atoms with Gasteiger partial charge in [0, 0.05) is 48.7 Å². The normalized spacial score (nSPS) is 12.3. The SMILES string of the molecule is CC(C)NC(=O)[C@@H](Cc1ccccc1)N(Cc1c(Cl)cccc1Cl)C(=O)CN(c1ccc(F)cc1)S(=O)(=O)N(C)C. The number of hydrogen-bond donors (Lipinski definition) is 1. The fourth-order valence-electron chi connectivity index (χ4n) is 4.11. The summed E-state index contributed by atoms with van der Waals surface area (Å²) in [6.07, 6.45) is 0.143. The molecule has 0 bridgehead atoms. The molecule has 0 spiro atoms. The molecule has 0 aromatic heterocycles. The molecule has 0 radical (unpaired) electrons. The number of nitrogens with one attached hydrogen (secondary N) is 1. The van der Waals surface area contributed by atoms with Gasteiger partial charge in [0.15, 0.2) is 0 Å². The van der Waals surface area contributed by atoms with Gasteiger partial charge in [0.05, 0.1) is 5.69 Å². The van der Waals surface area contributed by atoms with Gasteiger partial charge in [-0.25, -0.2) is 8.70 Å². The summed E-state index contributed by atoms with van der Waals surface area (Å²) in [5.41, 5.74) is 1.27. The minimum absolute atomic E-state index is 0.0791. The van der Waals surface area contributed by atoms with Crippen molar-refractivity contribution in [3.8, 4) is 0 Å². The predicted molar refractivity (Wildman–Crippen MR) is 161 cm³/mol. The molecule has 0 aliphatic carbocycles. The molecule has 0 aliphatic heterocycles. The predicted octanol–water partition coefficient (Wildman–Crippen LogP) is 4.91. The molecule has 0 unspecified atom stereocenters. The number of nitrogens with zero attached hydrogens (tertiary/aromatic N) is 3. The zero-order chi connectivity index (χ0) is 30.3. The molecule has 12 heteroatoms. The fraction of sp³-hybridized carbons (Fsp3) is 0.310. The second kappa shape index (κ2) is 14.1. The molecule has 0 aliphatic rings. The lowest BCUT2D eigenvalue weighted by Crippen LogP contribution is -2.55. The first-order valence-corrected chi connectivity index (χ1v) is 15.0. The molecule has 3 aromatic carbocycles. The van der Waals surface area contributed by atoms with Crippen molar-refractivity contribution < 1.29 is 22.4 Å². The molecule has 41 heavy (non-hydrogen) atoms. The lowest BCUT2D eigenvalue weighted by atomic mass is 10.0. The number of amides is 2. The number of carbonyl (C=O) groups excluding carboxylic acids is 2. The van der Waals surface area contributed by atoms with Crippen LogP contribution in [0.15, 0.2) is 72.8 Å². The smallest absolute Gasteiger partial charge is 0.304 e. The van der Waals surface area contributed by atoms with Crippen LogP contribution in [0.2, 0.25) is 10.0 Å². The third-order valence-corrected chi connectivity index (χ3v) is 8.75. The maximum atomic E-state index is 14.2. The van der Waals surface area contributed by atoms with Gasteiger partial charge in [0.1, 0.15) is 18.4 Å². The first-order chi connectivity index (χ1) is 19.3. The summed E-state index contributed by atoms with van der Waals surface area (Å²) in [6, 6.07) is 17.5. The first-order valence-electron chi connectivity index (χ1n) is 12.8. The molecule has 8 nitrogen and oxygen atoms in total. The minimum atomic E-state index is -4.20. The third-order valence-electron chi connectivity index (χ3n) is 6.23. The van der Waals surface area contributed by atoms with Gasteiger partial charge in [-0.05, 0) is 55.8 Å². The minimum Gasteiger partial charge on any atom is -0.352 e. The van der Waals surface area contributed by atoms with Gasteiger partial charge in [-0.15, -0.1) is 0 Å². The highest BCUT2D eigenvalue weighted by Crippen LogP contribution is 2.28. The van der Waals surface area contributed by atoms with Gasteiger partial charge < -0.3 is 10.2 Å². The molecule has 220 valence electrons. The summed E-state index contributed by atoms with van der Waals surface area (Å²) in [4.78, 5) is 29.1. The average molecular weight is 624 g/mol. The number of carbonyl (C=O) groups is 2. The van der Waals surface area contributed by atoms with E-state index in [2.05, 4.69) is 5.32 Å². The fourth-order valence-corrected chi connectivity index (χ4v) is 5.69. The quantitative estimate of drug-likeness (QED) is 0.311. The van der Waals surface area contributed by atoms with Crippen molar-refractivity contribution in [1.82, 2.24) is 14.5 Å². The lowest BCUT2D eigenvalue weighted by Gasteiger charge is -2.35. The number of hydrogen-bond acceptors (Lipinski definition) is 4. The van der Waals surface area contributed by atoms with Crippen LogP contribution in [-0.2, 0) is 32.8 Å². The van der Waals surface area contributed by atoms with Crippen LogP contribution >= 0.6 is 23.2 Å². The molecule has 1 N–H and O–H groups in total. The van der Waals surface area contributed by atoms with E-state index in [0.717, 1.165) is 26.3 Å². The van der Waals surface area contributed by atoms with E-state index in [1.54, 1.807) is 32.0 Å². The van der Waals surface area contributed by atoms with Crippen molar-refractivity contribution in [3.05, 3.63) is 99.8 Å². The Morgan fingerprint density at radius 3 is 2.02 bits per heavy atom. The topological polar surface area (TPSA) is 90.0 Å². The molecule has 3 aromatic rings. The average Bonchev–Trinajstić information content (AvgIpc) is 2.91. The second-order valence-corrected chi connectivity index (χ2v) is 12.7. The summed E-state index contributed by atoms with van der Waals surface area (Å²) in [5, 5.41) is 3.45. The summed E-state index contributed by atoms with van der Waals surface area (Å²) in [6.45, 7) is 2.76. The van der Waals surface area contributed by atoms with Gasteiger partial charge in [0.25, 0.3) is 0 Å². The summed E-state index contributed by atoms with van der Waals surface area (Å²) in [7, 11) is -1.55. The molecular weight excluding hydrogens is 590 g/mol. The molecule has 0 heterocycles. The Morgan fingerprint density at radius 1 is 0.902 bits per heavy atom. The van der Waals surface area contributed by atoms with Crippen molar-refractivity contribution in [2.75, 3.05) is 24.9 Å². The zero-order valence-electron chi connectivity index (χ0n) is 23.2. The highest BCUT2D eigenvalue weighted by Gasteiger charge is 2.35. The molecule has 0 saturated heterocycles. The highest BCUT2D eigenvalue weighted by molar-refractivity contribution is 7.90. The molecule has 1 atom stereocenters. The zero-order valence-corrected chi connectivity index (χ0v) is 25.5. The van der Waals surface area contributed by atoms with Crippen LogP contribution in [0.3, 0.4) is 0 Å². The second-order valence-electron chi connectivity index (χ2n) is 9.86. The molecule has 3 rings (SSSR count). The van der Waals surface area contributed by atoms with Crippen LogP contribution in [-0.4, -0.2) is 62.2 Å². The van der Waals surface area contributed by atoms with Gasteiger partial charge in [-0.2, -0.15) is 12.7 Å². The van der Waals surface area contributed by atoms with E-state index in [4.69, 9.17) is 23.2 Å². The summed E-state index contributed by atoms with van der Waals surface area (Å²) >= 11 is 12.9. The third kappa shape index (κ3) is 8.42. The monoisotopic (exact) mass is 622 g/mol. The van der Waals surface area contributed by atoms with E-state index in [-0.39, 0.29) is 34.7 Å². The number of benzene rings is 3. The van der Waals surface area contributed by atoms with Crippen LogP contribution in [0.5, 0.6) is 0 Å². The van der Waals surface area contributed by atoms with E-state index in [1.165, 1.54) is 31.1 Å². The Labute approximate surface area is 250 Å². The molecule has 0 fully saturated rings. The Balaban J connectivity index is 2.13. The van der Waals surface area contributed by atoms with E-state index in [9.17, 15) is 22.4 Å². The van der Waals surface area contributed by atoms with Crippen LogP contribution in [0.1, 0.15) is 25.0 Å². The van der Waals surface area contributed by atoms with E-state index in [1.807, 2.05) is 30.3 Å². The van der Waals surface area contributed by atoms with Gasteiger partial charge in [-0.1, -0.05) is 59.6 Å². The van der Waals surface area contributed by atoms with Crippen LogP contribution in [0.25, 0.3) is 0 Å². The lowest BCUT2D eigenvalue weighted by molar-refractivity contribution is -0.140. The van der Waals surface area contributed by atoms with Gasteiger partial charge in [-0.3, -0.25) is 9.59 Å². The maximum absolute atomic E-state index is 14.2. The summed E-state index contributed by atoms with van der Waals surface area (Å²) < 4.78 is 42.2. The van der Waals surface area contributed by atoms with Gasteiger partial charge >= 0.3 is 10.2 Å². The standard InChI is InChI=1S/C29H33Cl2FN4O4S/c1-20(2)33-29(38)27(17-21-9-6-5-7-10-21)35(18-24-25(30)11-8-12-26(24)31)28(37)19-36(41(39,40)34(3)4)23-15-13-22(32)14-16-23/h5-16,20,27H,17-19H2,1-4H3,(H,33,38)/t27-/m1/s1. The first kappa shape index (κ1) is 32.3. The van der Waals surface area contributed by atoms with Crippen molar-refractivity contribution in [2.45, 2.75) is 38.9 Å². The molecule has 0 saturated carbocycles. The Morgan fingerprint density at radius 2 is 1.49 bits per heavy atom. The Kier molecular flexibility index (Phi) is 11.1. The number of halogens is 3. The van der Waals surface area contributed by atoms with Crippen LogP contribution in [0.4, 0.5) is 10.1 Å².